The van der Waals surface area contributed by atoms with Crippen molar-refractivity contribution >= 4 is 27.3 Å². The Hall–Kier alpha value is -0.740. The summed E-state index contributed by atoms with van der Waals surface area (Å²) in [5.41, 5.74) is 1.90. The highest BCUT2D eigenvalue weighted by atomic mass is 79.9. The molecule has 1 aromatic heterocycles. The Kier molecular flexibility index (Phi) is 3.49. The lowest BCUT2D eigenvalue weighted by molar-refractivity contribution is 0.628. The van der Waals surface area contributed by atoms with Gasteiger partial charge < -0.3 is 0 Å². The van der Waals surface area contributed by atoms with Gasteiger partial charge in [-0.15, -0.1) is 11.3 Å². The number of rotatable bonds is 3. The third-order valence-electron chi connectivity index (χ3n) is 1.97. The van der Waals surface area contributed by atoms with E-state index in [0.29, 0.717) is 0 Å². The molecule has 0 radical (unpaired) electrons. The summed E-state index contributed by atoms with van der Waals surface area (Å²) in [5.74, 6) is -0.218. The molecule has 0 aliphatic rings. The third-order valence-corrected chi connectivity index (χ3v) is 3.31. The van der Waals surface area contributed by atoms with Crippen LogP contribution in [0.5, 0.6) is 0 Å². The molecule has 4 heteroatoms. The standard InChI is InChI=1S/C11H9BrFNS/c12-5-4-10-7-15-11(14-10)8-2-1-3-9(13)6-8/h1-3,6-7H,4-5H2. The fourth-order valence-electron chi connectivity index (χ4n) is 1.27. The molecule has 0 N–H and O–H groups in total. The van der Waals surface area contributed by atoms with Crippen molar-refractivity contribution in [1.82, 2.24) is 4.98 Å². The molecule has 0 saturated carbocycles. The van der Waals surface area contributed by atoms with Gasteiger partial charge in [-0.2, -0.15) is 0 Å². The average molecular weight is 286 g/mol. The van der Waals surface area contributed by atoms with Crippen LogP contribution in [0.1, 0.15) is 5.69 Å². The van der Waals surface area contributed by atoms with Crippen molar-refractivity contribution in [3.05, 3.63) is 41.2 Å². The lowest BCUT2D eigenvalue weighted by Gasteiger charge is -1.95. The lowest BCUT2D eigenvalue weighted by atomic mass is 10.2. The highest BCUT2D eigenvalue weighted by Gasteiger charge is 2.04. The van der Waals surface area contributed by atoms with E-state index < -0.39 is 0 Å². The summed E-state index contributed by atoms with van der Waals surface area (Å²) in [4.78, 5) is 4.43. The summed E-state index contributed by atoms with van der Waals surface area (Å²) in [6, 6.07) is 6.53. The second kappa shape index (κ2) is 4.86. The van der Waals surface area contributed by atoms with Crippen LogP contribution >= 0.6 is 27.3 Å². The minimum atomic E-state index is -0.218. The highest BCUT2D eigenvalue weighted by molar-refractivity contribution is 9.09. The second-order valence-corrected chi connectivity index (χ2v) is 4.74. The van der Waals surface area contributed by atoms with Crippen molar-refractivity contribution in [3.63, 3.8) is 0 Å². The van der Waals surface area contributed by atoms with Crippen LogP contribution in [0.2, 0.25) is 0 Å². The van der Waals surface area contributed by atoms with E-state index in [2.05, 4.69) is 20.9 Å². The largest absolute Gasteiger partial charge is 0.241 e. The molecule has 0 unspecified atom stereocenters. The maximum absolute atomic E-state index is 13.0. The van der Waals surface area contributed by atoms with Gasteiger partial charge in [0.15, 0.2) is 0 Å². The Labute approximate surface area is 100 Å². The summed E-state index contributed by atoms with van der Waals surface area (Å²) >= 11 is 4.92. The van der Waals surface area contributed by atoms with Gasteiger partial charge >= 0.3 is 0 Å². The Balaban J connectivity index is 2.29. The molecule has 15 heavy (non-hydrogen) atoms. The van der Waals surface area contributed by atoms with Crippen LogP contribution in [0, 0.1) is 5.82 Å². The fourth-order valence-corrected chi connectivity index (χ4v) is 2.53. The van der Waals surface area contributed by atoms with Crippen molar-refractivity contribution in [2.24, 2.45) is 0 Å². The first-order valence-electron chi connectivity index (χ1n) is 4.56. The van der Waals surface area contributed by atoms with Gasteiger partial charge in [0.05, 0.1) is 5.69 Å². The molecule has 0 fully saturated rings. The summed E-state index contributed by atoms with van der Waals surface area (Å²) in [5, 5.41) is 3.80. The zero-order valence-corrected chi connectivity index (χ0v) is 10.3. The van der Waals surface area contributed by atoms with E-state index in [1.165, 1.54) is 12.1 Å². The molecule has 1 nitrogen and oxygen atoms in total. The average Bonchev–Trinajstić information content (AvgIpc) is 2.67. The number of aryl methyl sites for hydroxylation is 1. The molecule has 1 heterocycles. The third kappa shape index (κ3) is 2.63. The number of hydrogen-bond acceptors (Lipinski definition) is 2. The van der Waals surface area contributed by atoms with Crippen molar-refractivity contribution in [2.45, 2.75) is 6.42 Å². The van der Waals surface area contributed by atoms with Gasteiger partial charge in [0.25, 0.3) is 0 Å². The first kappa shape index (κ1) is 10.8. The fraction of sp³-hybridized carbons (Fsp3) is 0.182. The SMILES string of the molecule is Fc1cccc(-c2nc(CCBr)cs2)c1. The van der Waals surface area contributed by atoms with Gasteiger partial charge in [0.1, 0.15) is 10.8 Å². The molecular formula is C11H9BrFNS. The predicted octanol–water partition coefficient (Wildman–Crippen LogP) is 3.89. The second-order valence-electron chi connectivity index (χ2n) is 3.09. The summed E-state index contributed by atoms with van der Waals surface area (Å²) in [6.45, 7) is 0. The van der Waals surface area contributed by atoms with Crippen LogP contribution in [0.15, 0.2) is 29.6 Å². The van der Waals surface area contributed by atoms with Crippen LogP contribution in [-0.4, -0.2) is 10.3 Å². The predicted molar refractivity (Wildman–Crippen MR) is 65.0 cm³/mol. The van der Waals surface area contributed by atoms with Crippen LogP contribution in [-0.2, 0) is 6.42 Å². The molecule has 0 amide bonds. The van der Waals surface area contributed by atoms with Crippen molar-refractivity contribution in [1.29, 1.82) is 0 Å². The lowest BCUT2D eigenvalue weighted by Crippen LogP contribution is -1.85. The molecule has 0 aliphatic heterocycles. The molecule has 0 bridgehead atoms. The number of aromatic nitrogens is 1. The highest BCUT2D eigenvalue weighted by Crippen LogP contribution is 2.24. The van der Waals surface area contributed by atoms with E-state index in [0.717, 1.165) is 28.0 Å². The van der Waals surface area contributed by atoms with E-state index in [1.54, 1.807) is 17.4 Å². The molecule has 1 aromatic carbocycles. The van der Waals surface area contributed by atoms with Crippen molar-refractivity contribution in [2.75, 3.05) is 5.33 Å². The monoisotopic (exact) mass is 285 g/mol. The number of thiazole rings is 1. The van der Waals surface area contributed by atoms with E-state index in [-0.39, 0.29) is 5.82 Å². The maximum atomic E-state index is 13.0. The Morgan fingerprint density at radius 1 is 1.40 bits per heavy atom. The molecule has 0 atom stereocenters. The first-order chi connectivity index (χ1) is 7.29. The zero-order valence-electron chi connectivity index (χ0n) is 7.91. The topological polar surface area (TPSA) is 12.9 Å². The molecule has 2 rings (SSSR count). The van der Waals surface area contributed by atoms with Gasteiger partial charge in [-0.05, 0) is 12.1 Å². The minimum Gasteiger partial charge on any atom is -0.241 e. The molecule has 0 aliphatic carbocycles. The number of alkyl halides is 1. The van der Waals surface area contributed by atoms with Gasteiger partial charge in [-0.25, -0.2) is 9.37 Å². The molecule has 2 aromatic rings. The molecule has 0 saturated heterocycles. The van der Waals surface area contributed by atoms with E-state index >= 15 is 0 Å². The minimum absolute atomic E-state index is 0.218. The van der Waals surface area contributed by atoms with Crippen LogP contribution in [0.3, 0.4) is 0 Å². The van der Waals surface area contributed by atoms with Crippen LogP contribution in [0.4, 0.5) is 4.39 Å². The van der Waals surface area contributed by atoms with Crippen molar-refractivity contribution < 1.29 is 4.39 Å². The van der Waals surface area contributed by atoms with Gasteiger partial charge in [0.2, 0.25) is 0 Å². The first-order valence-corrected chi connectivity index (χ1v) is 6.56. The van der Waals surface area contributed by atoms with E-state index in [9.17, 15) is 4.39 Å². The van der Waals surface area contributed by atoms with E-state index in [1.807, 2.05) is 11.4 Å². The Morgan fingerprint density at radius 2 is 2.27 bits per heavy atom. The molecule has 78 valence electrons. The normalized spacial score (nSPS) is 10.5. The van der Waals surface area contributed by atoms with Crippen LogP contribution < -0.4 is 0 Å². The van der Waals surface area contributed by atoms with Gasteiger partial charge in [0, 0.05) is 22.7 Å². The smallest absolute Gasteiger partial charge is 0.123 e. The van der Waals surface area contributed by atoms with Crippen LogP contribution in [0.25, 0.3) is 10.6 Å². The zero-order chi connectivity index (χ0) is 10.7. The maximum Gasteiger partial charge on any atom is 0.123 e. The molecule has 0 spiro atoms. The summed E-state index contributed by atoms with van der Waals surface area (Å²) < 4.78 is 13.0. The Bertz CT molecular complexity index is 455. The quantitative estimate of drug-likeness (QED) is 0.780. The number of benzene rings is 1. The summed E-state index contributed by atoms with van der Waals surface area (Å²) in [7, 11) is 0. The number of nitrogens with zero attached hydrogens (tertiary/aromatic N) is 1. The number of hydrogen-bond donors (Lipinski definition) is 0. The summed E-state index contributed by atoms with van der Waals surface area (Å²) in [6.07, 6.45) is 0.909. The Morgan fingerprint density at radius 3 is 3.00 bits per heavy atom. The van der Waals surface area contributed by atoms with Gasteiger partial charge in [-0.3, -0.25) is 0 Å². The van der Waals surface area contributed by atoms with E-state index in [4.69, 9.17) is 0 Å². The molecular weight excluding hydrogens is 277 g/mol. The number of halogens is 2. The van der Waals surface area contributed by atoms with Gasteiger partial charge in [-0.1, -0.05) is 28.1 Å². The van der Waals surface area contributed by atoms with Crippen molar-refractivity contribution in [3.8, 4) is 10.6 Å².